The maximum Gasteiger partial charge on any atom is 0.243 e. The number of sulfonamides is 1. The molecule has 30 heavy (non-hydrogen) atoms. The van der Waals surface area contributed by atoms with Crippen LogP contribution in [0.5, 0.6) is 0 Å². The van der Waals surface area contributed by atoms with E-state index in [9.17, 15) is 8.42 Å². The summed E-state index contributed by atoms with van der Waals surface area (Å²) in [4.78, 5) is 9.50. The number of anilines is 1. The van der Waals surface area contributed by atoms with E-state index in [1.54, 1.807) is 34.8 Å². The van der Waals surface area contributed by atoms with E-state index in [0.29, 0.717) is 24.5 Å². The van der Waals surface area contributed by atoms with Gasteiger partial charge in [-0.25, -0.2) is 8.42 Å². The third-order valence-corrected chi connectivity index (χ3v) is 8.53. The van der Waals surface area contributed by atoms with Crippen molar-refractivity contribution in [1.29, 1.82) is 0 Å². The summed E-state index contributed by atoms with van der Waals surface area (Å²) in [5.74, 6) is 0.884. The average molecular weight is 448 g/mol. The molecular weight excluding hydrogens is 418 g/mol. The van der Waals surface area contributed by atoms with Crippen LogP contribution < -0.4 is 10.2 Å². The molecule has 2 fully saturated rings. The molecule has 9 heteroatoms. The fourth-order valence-corrected chi connectivity index (χ4v) is 6.26. The van der Waals surface area contributed by atoms with E-state index in [0.717, 1.165) is 50.5 Å². The largest absolute Gasteiger partial charge is 0.360 e. The predicted molar refractivity (Wildman–Crippen MR) is 123 cm³/mol. The van der Waals surface area contributed by atoms with E-state index in [1.807, 2.05) is 12.1 Å². The quantitative estimate of drug-likeness (QED) is 0.563. The summed E-state index contributed by atoms with van der Waals surface area (Å²) in [6.07, 6.45) is 1.89. The summed E-state index contributed by atoms with van der Waals surface area (Å²) >= 11 is 1.78. The van der Waals surface area contributed by atoms with Crippen molar-refractivity contribution in [3.05, 3.63) is 47.3 Å². The molecule has 0 atom stereocenters. The third-order valence-electron chi connectivity index (χ3n) is 5.69. The highest BCUT2D eigenvalue weighted by Gasteiger charge is 2.27. The number of hydrogen-bond acceptors (Lipinski definition) is 5. The predicted octanol–water partition coefficient (Wildman–Crippen LogP) is 2.43. The van der Waals surface area contributed by atoms with E-state index < -0.39 is 10.0 Å². The van der Waals surface area contributed by atoms with Crippen LogP contribution in [0, 0.1) is 0 Å². The van der Waals surface area contributed by atoms with Gasteiger partial charge in [-0.05, 0) is 48.1 Å². The molecule has 2 saturated heterocycles. The first-order valence-electron chi connectivity index (χ1n) is 10.4. The molecule has 2 aliphatic rings. The average Bonchev–Trinajstić information content (AvgIpc) is 3.50. The lowest BCUT2D eigenvalue weighted by Crippen LogP contribution is -2.52. The first-order chi connectivity index (χ1) is 14.6. The number of guanidine groups is 1. The minimum absolute atomic E-state index is 0.377. The smallest absolute Gasteiger partial charge is 0.243 e. The Balaban J connectivity index is 1.31. The fraction of sp³-hybridized carbons (Fsp3) is 0.476. The Hall–Kier alpha value is -2.10. The fourth-order valence-electron chi connectivity index (χ4n) is 3.96. The summed E-state index contributed by atoms with van der Waals surface area (Å²) < 4.78 is 26.9. The summed E-state index contributed by atoms with van der Waals surface area (Å²) in [6.45, 7) is 5.66. The van der Waals surface area contributed by atoms with Gasteiger partial charge in [0.25, 0.3) is 0 Å². The second kappa shape index (κ2) is 9.36. The number of piperazine rings is 1. The van der Waals surface area contributed by atoms with Gasteiger partial charge in [0, 0.05) is 52.9 Å². The van der Waals surface area contributed by atoms with Crippen molar-refractivity contribution < 1.29 is 8.42 Å². The monoisotopic (exact) mass is 447 g/mol. The zero-order valence-corrected chi connectivity index (χ0v) is 19.0. The normalized spacial score (nSPS) is 18.8. The van der Waals surface area contributed by atoms with E-state index in [1.165, 1.54) is 5.00 Å². The van der Waals surface area contributed by atoms with Gasteiger partial charge in [0.2, 0.25) is 10.0 Å². The minimum Gasteiger partial charge on any atom is -0.360 e. The van der Waals surface area contributed by atoms with Crippen LogP contribution in [0.25, 0.3) is 0 Å². The third kappa shape index (κ3) is 4.63. The Labute approximate surface area is 183 Å². The topological polar surface area (TPSA) is 68.2 Å². The number of thiophene rings is 1. The van der Waals surface area contributed by atoms with Crippen molar-refractivity contribution in [2.45, 2.75) is 24.3 Å². The Morgan fingerprint density at radius 3 is 2.33 bits per heavy atom. The molecule has 162 valence electrons. The molecule has 0 aliphatic carbocycles. The van der Waals surface area contributed by atoms with Crippen molar-refractivity contribution >= 4 is 32.3 Å². The van der Waals surface area contributed by atoms with E-state index in [4.69, 9.17) is 0 Å². The molecule has 0 radical (unpaired) electrons. The Morgan fingerprint density at radius 1 is 1.03 bits per heavy atom. The number of nitrogens with one attached hydrogen (secondary N) is 1. The van der Waals surface area contributed by atoms with Gasteiger partial charge in [-0.1, -0.05) is 12.1 Å². The van der Waals surface area contributed by atoms with Crippen LogP contribution in [0.2, 0.25) is 0 Å². The highest BCUT2D eigenvalue weighted by molar-refractivity contribution is 7.89. The number of hydrogen-bond donors (Lipinski definition) is 1. The summed E-state index contributed by atoms with van der Waals surface area (Å²) in [6, 6.07) is 11.5. The molecule has 0 spiro atoms. The van der Waals surface area contributed by atoms with Crippen LogP contribution in [-0.4, -0.2) is 69.9 Å². The number of aliphatic imine (C=N–C) groups is 1. The minimum atomic E-state index is -3.36. The van der Waals surface area contributed by atoms with Crippen molar-refractivity contribution in [3.8, 4) is 0 Å². The summed E-state index contributed by atoms with van der Waals surface area (Å²) in [5, 5.41) is 6.85. The molecule has 1 aromatic carbocycles. The Kier molecular flexibility index (Phi) is 6.60. The van der Waals surface area contributed by atoms with Gasteiger partial charge in [0.1, 0.15) is 0 Å². The van der Waals surface area contributed by atoms with Crippen LogP contribution in [0.1, 0.15) is 18.4 Å². The Morgan fingerprint density at radius 2 is 1.73 bits per heavy atom. The van der Waals surface area contributed by atoms with Gasteiger partial charge < -0.3 is 15.1 Å². The van der Waals surface area contributed by atoms with Crippen molar-refractivity contribution in [2.24, 2.45) is 4.99 Å². The summed E-state index contributed by atoms with van der Waals surface area (Å²) in [5.41, 5.74) is 1.04. The summed E-state index contributed by atoms with van der Waals surface area (Å²) in [7, 11) is -1.55. The van der Waals surface area contributed by atoms with Crippen LogP contribution in [0.4, 0.5) is 5.00 Å². The van der Waals surface area contributed by atoms with E-state index in [2.05, 4.69) is 37.6 Å². The maximum absolute atomic E-state index is 12.7. The number of rotatable bonds is 5. The molecule has 3 heterocycles. The second-order valence-electron chi connectivity index (χ2n) is 7.58. The van der Waals surface area contributed by atoms with Crippen LogP contribution >= 0.6 is 11.3 Å². The van der Waals surface area contributed by atoms with Gasteiger partial charge in [-0.15, -0.1) is 11.3 Å². The lowest BCUT2D eigenvalue weighted by Gasteiger charge is -2.37. The lowest BCUT2D eigenvalue weighted by atomic mass is 10.2. The molecule has 7 nitrogen and oxygen atoms in total. The Bertz CT molecular complexity index is 944. The van der Waals surface area contributed by atoms with Crippen LogP contribution in [-0.2, 0) is 16.6 Å². The van der Waals surface area contributed by atoms with Gasteiger partial charge in [0.05, 0.1) is 9.90 Å². The lowest BCUT2D eigenvalue weighted by molar-refractivity contribution is 0.373. The molecule has 0 saturated carbocycles. The highest BCUT2D eigenvalue weighted by Crippen LogP contribution is 2.23. The number of benzene rings is 1. The molecule has 1 N–H and O–H groups in total. The second-order valence-corrected chi connectivity index (χ2v) is 10.4. The van der Waals surface area contributed by atoms with Gasteiger partial charge in [-0.2, -0.15) is 4.31 Å². The molecule has 0 unspecified atom stereocenters. The molecular formula is C21H29N5O2S2. The molecule has 0 bridgehead atoms. The molecule has 2 aliphatic heterocycles. The van der Waals surface area contributed by atoms with Crippen LogP contribution in [0.15, 0.2) is 51.7 Å². The van der Waals surface area contributed by atoms with Gasteiger partial charge in [0.15, 0.2) is 5.96 Å². The van der Waals surface area contributed by atoms with Gasteiger partial charge in [-0.3, -0.25) is 4.99 Å². The maximum atomic E-state index is 12.7. The van der Waals surface area contributed by atoms with E-state index in [-0.39, 0.29) is 0 Å². The van der Waals surface area contributed by atoms with Crippen molar-refractivity contribution in [1.82, 2.24) is 14.5 Å². The highest BCUT2D eigenvalue weighted by atomic mass is 32.2. The first-order valence-corrected chi connectivity index (χ1v) is 12.7. The number of nitrogens with zero attached hydrogens (tertiary/aromatic N) is 4. The van der Waals surface area contributed by atoms with E-state index >= 15 is 0 Å². The van der Waals surface area contributed by atoms with Crippen LogP contribution in [0.3, 0.4) is 0 Å². The molecule has 2 aromatic rings. The molecule has 4 rings (SSSR count). The first kappa shape index (κ1) is 21.1. The van der Waals surface area contributed by atoms with Crippen molar-refractivity contribution in [2.75, 3.05) is 51.2 Å². The van der Waals surface area contributed by atoms with Gasteiger partial charge >= 0.3 is 0 Å². The zero-order chi connectivity index (χ0) is 21.0. The molecule has 0 amide bonds. The molecule has 1 aromatic heterocycles. The van der Waals surface area contributed by atoms with Crippen molar-refractivity contribution in [3.63, 3.8) is 0 Å². The standard InChI is InChI=1S/C21H29N5O2S2/c1-22-21(25-14-12-24(13-15-25)20-5-4-16-29-20)23-17-18-6-8-19(9-7-18)30(27,28)26-10-2-3-11-26/h4-9,16H,2-3,10-15,17H2,1H3,(H,22,23). The zero-order valence-electron chi connectivity index (χ0n) is 17.3. The SMILES string of the molecule is CN=C(NCc1ccc(S(=O)(=O)N2CCCC2)cc1)N1CCN(c2cccs2)CC1.